The molecule has 2 heterocycles. The number of likely N-dealkylation sites (N-methyl/N-ethyl adjacent to an activating group) is 1. The van der Waals surface area contributed by atoms with Crippen LogP contribution in [0.1, 0.15) is 48.3 Å². The second-order valence-corrected chi connectivity index (χ2v) is 10.2. The van der Waals surface area contributed by atoms with Crippen LogP contribution in [0.25, 0.3) is 10.4 Å². The largest absolute Gasteiger partial charge is 0.369 e. The Hall–Kier alpha value is -3.94. The van der Waals surface area contributed by atoms with Gasteiger partial charge in [0.25, 0.3) is 0 Å². The van der Waals surface area contributed by atoms with Crippen LogP contribution in [0.2, 0.25) is 0 Å². The number of rotatable bonds is 4. The quantitative estimate of drug-likeness (QED) is 0.590. The van der Waals surface area contributed by atoms with Gasteiger partial charge in [0.05, 0.1) is 29.0 Å². The van der Waals surface area contributed by atoms with Crippen LogP contribution in [0, 0.1) is 22.7 Å². The molecule has 3 aromatic rings. The number of benzene rings is 2. The van der Waals surface area contributed by atoms with Crippen LogP contribution in [0.15, 0.2) is 65.7 Å². The van der Waals surface area contributed by atoms with E-state index in [1.165, 1.54) is 16.2 Å². The molecule has 1 aromatic heterocycles. The van der Waals surface area contributed by atoms with E-state index in [1.54, 1.807) is 13.1 Å². The third kappa shape index (κ3) is 3.85. The summed E-state index contributed by atoms with van der Waals surface area (Å²) < 4.78 is 0. The summed E-state index contributed by atoms with van der Waals surface area (Å²) in [6.45, 7) is 5.67. The van der Waals surface area contributed by atoms with Crippen LogP contribution in [0.4, 0.5) is 0 Å². The molecule has 2 N–H and O–H groups in total. The minimum atomic E-state index is -0.907. The summed E-state index contributed by atoms with van der Waals surface area (Å²) >= 11 is 1.54. The Labute approximate surface area is 203 Å². The van der Waals surface area contributed by atoms with E-state index >= 15 is 0 Å². The number of hydrogen-bond acceptors (Lipinski definition) is 6. The molecule has 0 saturated carbocycles. The molecule has 4 rings (SSSR count). The molecule has 1 aliphatic rings. The van der Waals surface area contributed by atoms with Gasteiger partial charge in [-0.25, -0.2) is 4.99 Å². The summed E-state index contributed by atoms with van der Waals surface area (Å²) in [6.07, 6.45) is 0. The Morgan fingerprint density at radius 2 is 1.82 bits per heavy atom. The molecule has 0 saturated heterocycles. The van der Waals surface area contributed by atoms with E-state index in [0.717, 1.165) is 26.4 Å². The summed E-state index contributed by atoms with van der Waals surface area (Å²) in [5, 5.41) is 18.7. The lowest BCUT2D eigenvalue weighted by molar-refractivity contribution is -0.130. The van der Waals surface area contributed by atoms with Crippen LogP contribution in [0.3, 0.4) is 0 Å². The lowest BCUT2D eigenvalue weighted by Crippen LogP contribution is -2.52. The fourth-order valence-corrected chi connectivity index (χ4v) is 5.38. The predicted octanol–water partition coefficient (Wildman–Crippen LogP) is 4.87. The molecule has 0 unspecified atom stereocenters. The highest BCUT2D eigenvalue weighted by Crippen LogP contribution is 2.47. The van der Waals surface area contributed by atoms with Crippen molar-refractivity contribution in [1.29, 1.82) is 10.5 Å². The van der Waals surface area contributed by atoms with Gasteiger partial charge < -0.3 is 5.73 Å². The maximum atomic E-state index is 13.5. The molecule has 0 radical (unpaired) electrons. The second-order valence-electron chi connectivity index (χ2n) is 9.16. The van der Waals surface area contributed by atoms with Crippen molar-refractivity contribution in [2.45, 2.75) is 37.6 Å². The standard InChI is InChI=1S/C27H25N5OS/c1-26(2,16-29)20-10-8-18(9-11-20)23-24(33)32(4)25(30)31-27(23,3)22-13-12-21(34-22)19-7-5-6-17(14-19)15-28/h5-14,23H,1-4H3,(H2,30,31)/t23-,27-/m1/s1. The number of hydrogen-bond donors (Lipinski definition) is 1. The lowest BCUT2D eigenvalue weighted by atomic mass is 9.76. The van der Waals surface area contributed by atoms with Crippen LogP contribution in [-0.4, -0.2) is 23.8 Å². The lowest BCUT2D eigenvalue weighted by Gasteiger charge is -2.40. The number of nitrogens with two attached hydrogens (primary N) is 1. The Kier molecular flexibility index (Phi) is 5.77. The van der Waals surface area contributed by atoms with Crippen molar-refractivity contribution in [3.63, 3.8) is 0 Å². The molecule has 7 heteroatoms. The van der Waals surface area contributed by atoms with Crippen molar-refractivity contribution in [1.82, 2.24) is 4.90 Å². The van der Waals surface area contributed by atoms with E-state index < -0.39 is 16.9 Å². The first-order chi connectivity index (χ1) is 16.1. The molecule has 170 valence electrons. The number of carbonyl (C=O) groups is 1. The van der Waals surface area contributed by atoms with Crippen LogP contribution in [0.5, 0.6) is 0 Å². The van der Waals surface area contributed by atoms with Gasteiger partial charge in [-0.15, -0.1) is 11.3 Å². The van der Waals surface area contributed by atoms with Crippen molar-refractivity contribution in [3.05, 3.63) is 82.2 Å². The first-order valence-corrected chi connectivity index (χ1v) is 11.7. The number of guanidine groups is 1. The van der Waals surface area contributed by atoms with Crippen molar-refractivity contribution in [2.75, 3.05) is 7.05 Å². The Balaban J connectivity index is 1.81. The first kappa shape index (κ1) is 23.2. The molecule has 34 heavy (non-hydrogen) atoms. The van der Waals surface area contributed by atoms with Crippen LogP contribution in [-0.2, 0) is 15.7 Å². The van der Waals surface area contributed by atoms with E-state index in [9.17, 15) is 15.3 Å². The van der Waals surface area contributed by atoms with Gasteiger partial charge in [0.1, 0.15) is 5.54 Å². The van der Waals surface area contributed by atoms with E-state index in [1.807, 2.05) is 75.4 Å². The molecule has 2 atom stereocenters. The average Bonchev–Trinajstić information content (AvgIpc) is 3.34. The van der Waals surface area contributed by atoms with Gasteiger partial charge in [0.15, 0.2) is 5.96 Å². The van der Waals surface area contributed by atoms with Crippen LogP contribution < -0.4 is 5.73 Å². The summed E-state index contributed by atoms with van der Waals surface area (Å²) in [4.78, 5) is 21.6. The summed E-state index contributed by atoms with van der Waals surface area (Å²) in [7, 11) is 1.63. The van der Waals surface area contributed by atoms with Crippen molar-refractivity contribution in [2.24, 2.45) is 10.7 Å². The highest BCUT2D eigenvalue weighted by atomic mass is 32.1. The number of nitrogens with zero attached hydrogens (tertiary/aromatic N) is 4. The molecule has 0 aliphatic carbocycles. The minimum Gasteiger partial charge on any atom is -0.369 e. The first-order valence-electron chi connectivity index (χ1n) is 10.9. The Morgan fingerprint density at radius 1 is 1.12 bits per heavy atom. The summed E-state index contributed by atoms with van der Waals surface area (Å²) in [5.74, 6) is -0.544. The van der Waals surface area contributed by atoms with Crippen LogP contribution >= 0.6 is 11.3 Å². The fraction of sp³-hybridized carbons (Fsp3) is 0.259. The highest BCUT2D eigenvalue weighted by Gasteiger charge is 2.48. The topological polar surface area (TPSA) is 106 Å². The zero-order valence-electron chi connectivity index (χ0n) is 19.5. The smallest absolute Gasteiger partial charge is 0.239 e. The SMILES string of the molecule is CN1C(=O)[C@@H](c2ccc(C(C)(C)C#N)cc2)[C@@](C)(c2ccc(-c3cccc(C#N)c3)s2)N=C1N. The Morgan fingerprint density at radius 3 is 2.47 bits per heavy atom. The highest BCUT2D eigenvalue weighted by molar-refractivity contribution is 7.15. The van der Waals surface area contributed by atoms with Gasteiger partial charge in [0.2, 0.25) is 5.91 Å². The normalized spacial score (nSPS) is 20.4. The number of thiophene rings is 1. The van der Waals surface area contributed by atoms with Gasteiger partial charge in [-0.1, -0.05) is 36.4 Å². The second kappa shape index (κ2) is 8.44. The molecule has 1 aliphatic heterocycles. The molecule has 1 amide bonds. The monoisotopic (exact) mass is 467 g/mol. The molecule has 0 fully saturated rings. The zero-order chi connectivity index (χ0) is 24.7. The zero-order valence-corrected chi connectivity index (χ0v) is 20.4. The fourth-order valence-electron chi connectivity index (χ4n) is 4.25. The summed E-state index contributed by atoms with van der Waals surface area (Å²) in [5.41, 5.74) is 7.86. The molecule has 0 bridgehead atoms. The molecule has 0 spiro atoms. The van der Waals surface area contributed by atoms with Crippen molar-refractivity contribution in [3.8, 4) is 22.6 Å². The number of carbonyl (C=O) groups excluding carboxylic acids is 1. The molecular formula is C27H25N5OS. The minimum absolute atomic E-state index is 0.135. The third-order valence-electron chi connectivity index (χ3n) is 6.46. The van der Waals surface area contributed by atoms with Gasteiger partial charge in [-0.05, 0) is 61.7 Å². The molecule has 2 aromatic carbocycles. The molecular weight excluding hydrogens is 442 g/mol. The molecule has 6 nitrogen and oxygen atoms in total. The number of amides is 1. The van der Waals surface area contributed by atoms with Gasteiger partial charge in [-0.3, -0.25) is 9.69 Å². The van der Waals surface area contributed by atoms with E-state index in [2.05, 4.69) is 12.1 Å². The van der Waals surface area contributed by atoms with Gasteiger partial charge in [-0.2, -0.15) is 10.5 Å². The van der Waals surface area contributed by atoms with E-state index in [0.29, 0.717) is 5.56 Å². The number of aliphatic imine (C=N–C) groups is 1. The van der Waals surface area contributed by atoms with Crippen molar-refractivity contribution < 1.29 is 4.79 Å². The Bertz CT molecular complexity index is 1370. The predicted molar refractivity (Wildman–Crippen MR) is 134 cm³/mol. The van der Waals surface area contributed by atoms with E-state index in [-0.39, 0.29) is 11.9 Å². The number of nitriles is 2. The van der Waals surface area contributed by atoms with Gasteiger partial charge >= 0.3 is 0 Å². The maximum Gasteiger partial charge on any atom is 0.239 e. The maximum absolute atomic E-state index is 13.5. The van der Waals surface area contributed by atoms with E-state index in [4.69, 9.17) is 10.7 Å². The summed E-state index contributed by atoms with van der Waals surface area (Å²) in [6, 6.07) is 23.5. The average molecular weight is 468 g/mol. The van der Waals surface area contributed by atoms with Crippen molar-refractivity contribution >= 4 is 23.2 Å². The van der Waals surface area contributed by atoms with Gasteiger partial charge in [0, 0.05) is 16.8 Å². The third-order valence-corrected chi connectivity index (χ3v) is 7.82.